The molecule has 6 nitrogen and oxygen atoms in total. The molecule has 30 heavy (non-hydrogen) atoms. The molecule has 9 heteroatoms. The maximum atomic E-state index is 13.1. The van der Waals surface area contributed by atoms with E-state index in [1.165, 1.54) is 17.5 Å². The monoisotopic (exact) mass is 514 g/mol. The summed E-state index contributed by atoms with van der Waals surface area (Å²) in [5, 5.41) is 3.36. The average Bonchev–Trinajstić information content (AvgIpc) is 2.73. The number of hydrogen-bond acceptors (Lipinski definition) is 4. The smallest absolute Gasteiger partial charge is 0.246 e. The number of ether oxygens (including phenoxy) is 1. The Balaban J connectivity index is 1.64. The number of amides is 1. The highest BCUT2D eigenvalue weighted by Gasteiger charge is 2.34. The first kappa shape index (κ1) is 23.1. The first-order valence-corrected chi connectivity index (χ1v) is 12.2. The Hall–Kier alpha value is -1.61. The zero-order chi connectivity index (χ0) is 21.9. The van der Waals surface area contributed by atoms with E-state index in [0.29, 0.717) is 17.9 Å². The molecule has 2 aromatic rings. The highest BCUT2D eigenvalue weighted by molar-refractivity contribution is 9.10. The second-order valence-corrected chi connectivity index (χ2v) is 10.5. The summed E-state index contributed by atoms with van der Waals surface area (Å²) in [4.78, 5) is 12.8. The number of piperidine rings is 1. The third-order valence-electron chi connectivity index (χ3n) is 5.28. The molecule has 0 aliphatic carbocycles. The number of rotatable bonds is 6. The summed E-state index contributed by atoms with van der Waals surface area (Å²) in [5.41, 5.74) is 1.01. The van der Waals surface area contributed by atoms with Gasteiger partial charge >= 0.3 is 0 Å². The van der Waals surface area contributed by atoms with Gasteiger partial charge in [-0.25, -0.2) is 8.42 Å². The molecule has 1 amide bonds. The summed E-state index contributed by atoms with van der Waals surface area (Å²) in [6, 6.07) is 12.2. The Morgan fingerprint density at radius 3 is 2.57 bits per heavy atom. The van der Waals surface area contributed by atoms with Crippen molar-refractivity contribution in [1.29, 1.82) is 0 Å². The van der Waals surface area contributed by atoms with E-state index < -0.39 is 10.0 Å². The van der Waals surface area contributed by atoms with Crippen LogP contribution in [0.3, 0.4) is 0 Å². The van der Waals surface area contributed by atoms with Crippen molar-refractivity contribution in [2.45, 2.75) is 30.7 Å². The van der Waals surface area contributed by atoms with Crippen LogP contribution in [0, 0.1) is 5.92 Å². The quantitative estimate of drug-likeness (QED) is 0.619. The normalized spacial score (nSPS) is 16.8. The SMILES string of the molecule is COc1ccc(Cl)cc1S(=O)(=O)N1CCC(C(=O)N[C@@H](C)c2cccc(Br)c2)CC1. The number of benzene rings is 2. The number of carbonyl (C=O) groups is 1. The van der Waals surface area contributed by atoms with E-state index in [0.717, 1.165) is 10.0 Å². The van der Waals surface area contributed by atoms with Crippen molar-refractivity contribution in [2.75, 3.05) is 20.2 Å². The van der Waals surface area contributed by atoms with Gasteiger partial charge in [0.05, 0.1) is 13.2 Å². The van der Waals surface area contributed by atoms with Gasteiger partial charge in [-0.1, -0.05) is 39.7 Å². The van der Waals surface area contributed by atoms with Gasteiger partial charge in [0, 0.05) is 28.5 Å². The number of nitrogens with zero attached hydrogens (tertiary/aromatic N) is 1. The largest absolute Gasteiger partial charge is 0.495 e. The van der Waals surface area contributed by atoms with E-state index >= 15 is 0 Å². The van der Waals surface area contributed by atoms with Gasteiger partial charge in [-0.3, -0.25) is 4.79 Å². The van der Waals surface area contributed by atoms with Crippen molar-refractivity contribution in [3.05, 3.63) is 57.5 Å². The van der Waals surface area contributed by atoms with Gasteiger partial charge in [0.2, 0.25) is 15.9 Å². The van der Waals surface area contributed by atoms with Crippen molar-refractivity contribution < 1.29 is 17.9 Å². The van der Waals surface area contributed by atoms with Gasteiger partial charge in [-0.2, -0.15) is 4.31 Å². The van der Waals surface area contributed by atoms with Crippen LogP contribution in [-0.2, 0) is 14.8 Å². The molecular weight excluding hydrogens is 492 g/mol. The van der Waals surface area contributed by atoms with Crippen LogP contribution >= 0.6 is 27.5 Å². The molecule has 0 bridgehead atoms. The molecule has 1 fully saturated rings. The van der Waals surface area contributed by atoms with Crippen LogP contribution in [0.4, 0.5) is 0 Å². The zero-order valence-electron chi connectivity index (χ0n) is 16.8. The maximum absolute atomic E-state index is 13.1. The second-order valence-electron chi connectivity index (χ2n) is 7.26. The number of nitrogens with one attached hydrogen (secondary N) is 1. The van der Waals surface area contributed by atoms with E-state index in [1.54, 1.807) is 12.1 Å². The standard InChI is InChI=1S/C21H24BrClN2O4S/c1-14(16-4-3-5-17(22)12-16)24-21(26)15-8-10-25(11-9-15)30(27,28)20-13-18(23)6-7-19(20)29-2/h3-7,12-15H,8-11H2,1-2H3,(H,24,26)/t14-/m0/s1. The van der Waals surface area contributed by atoms with Crippen molar-refractivity contribution in [3.63, 3.8) is 0 Å². The number of methoxy groups -OCH3 is 1. The molecule has 1 N–H and O–H groups in total. The summed E-state index contributed by atoms with van der Waals surface area (Å²) >= 11 is 9.44. The maximum Gasteiger partial charge on any atom is 0.246 e. The van der Waals surface area contributed by atoms with Crippen LogP contribution in [0.2, 0.25) is 5.02 Å². The number of carbonyl (C=O) groups excluding carboxylic acids is 1. The zero-order valence-corrected chi connectivity index (χ0v) is 19.9. The summed E-state index contributed by atoms with van der Waals surface area (Å²) in [6.07, 6.45) is 0.915. The third-order valence-corrected chi connectivity index (χ3v) is 7.92. The number of sulfonamides is 1. The lowest BCUT2D eigenvalue weighted by Crippen LogP contribution is -2.43. The van der Waals surface area contributed by atoms with E-state index in [9.17, 15) is 13.2 Å². The van der Waals surface area contributed by atoms with Crippen LogP contribution in [-0.4, -0.2) is 38.8 Å². The highest BCUT2D eigenvalue weighted by Crippen LogP contribution is 2.32. The number of halogens is 2. The minimum absolute atomic E-state index is 0.0451. The first-order valence-electron chi connectivity index (χ1n) is 9.62. The van der Waals surface area contributed by atoms with Crippen molar-refractivity contribution in [1.82, 2.24) is 9.62 Å². The summed E-state index contributed by atoms with van der Waals surface area (Å²) in [7, 11) is -2.34. The van der Waals surface area contributed by atoms with E-state index in [1.807, 2.05) is 31.2 Å². The van der Waals surface area contributed by atoms with E-state index in [4.69, 9.17) is 16.3 Å². The van der Waals surface area contributed by atoms with Crippen LogP contribution < -0.4 is 10.1 Å². The minimum atomic E-state index is -3.76. The van der Waals surface area contributed by atoms with Gasteiger partial charge in [0.15, 0.2) is 0 Å². The predicted octanol–water partition coefficient (Wildman–Crippen LogP) is 4.39. The summed E-state index contributed by atoms with van der Waals surface area (Å²) in [6.45, 7) is 2.47. The lowest BCUT2D eigenvalue weighted by Gasteiger charge is -2.31. The predicted molar refractivity (Wildman–Crippen MR) is 120 cm³/mol. The molecule has 2 aromatic carbocycles. The minimum Gasteiger partial charge on any atom is -0.495 e. The first-order chi connectivity index (χ1) is 14.2. The fourth-order valence-corrected chi connectivity index (χ4v) is 5.85. The molecule has 1 saturated heterocycles. The van der Waals surface area contributed by atoms with Gasteiger partial charge in [0.1, 0.15) is 10.6 Å². The molecule has 0 aromatic heterocycles. The van der Waals surface area contributed by atoms with Crippen LogP contribution in [0.1, 0.15) is 31.4 Å². The average molecular weight is 516 g/mol. The lowest BCUT2D eigenvalue weighted by atomic mass is 9.96. The number of hydrogen-bond donors (Lipinski definition) is 1. The molecule has 162 valence electrons. The molecule has 3 rings (SSSR count). The van der Waals surface area contributed by atoms with Crippen molar-refractivity contribution >= 4 is 43.5 Å². The van der Waals surface area contributed by atoms with Crippen LogP contribution in [0.25, 0.3) is 0 Å². The highest BCUT2D eigenvalue weighted by atomic mass is 79.9. The van der Waals surface area contributed by atoms with Crippen molar-refractivity contribution in [3.8, 4) is 5.75 Å². The Labute approximate surface area is 190 Å². The molecule has 0 radical (unpaired) electrons. The Morgan fingerprint density at radius 1 is 1.23 bits per heavy atom. The van der Waals surface area contributed by atoms with E-state index in [2.05, 4.69) is 21.2 Å². The van der Waals surface area contributed by atoms with Gasteiger partial charge in [-0.05, 0) is 55.7 Å². The van der Waals surface area contributed by atoms with Crippen molar-refractivity contribution in [2.24, 2.45) is 5.92 Å². The molecular formula is C21H24BrClN2O4S. The Kier molecular flexibility index (Phi) is 7.44. The second kappa shape index (κ2) is 9.68. The lowest BCUT2D eigenvalue weighted by molar-refractivity contribution is -0.126. The summed E-state index contributed by atoms with van der Waals surface area (Å²) in [5.74, 6) is -0.0331. The molecule has 1 atom stereocenters. The fourth-order valence-electron chi connectivity index (χ4n) is 3.54. The molecule has 1 heterocycles. The van der Waals surface area contributed by atoms with Crippen LogP contribution in [0.15, 0.2) is 51.8 Å². The molecule has 0 unspecified atom stereocenters. The topological polar surface area (TPSA) is 75.7 Å². The summed E-state index contributed by atoms with van der Waals surface area (Å²) < 4.78 is 33.7. The third kappa shape index (κ3) is 5.17. The fraction of sp³-hybridized carbons (Fsp3) is 0.381. The molecule has 1 aliphatic rings. The molecule has 0 spiro atoms. The molecule has 0 saturated carbocycles. The van der Waals surface area contributed by atoms with Gasteiger partial charge in [0.25, 0.3) is 0 Å². The van der Waals surface area contributed by atoms with Gasteiger partial charge in [-0.15, -0.1) is 0 Å². The Morgan fingerprint density at radius 2 is 1.93 bits per heavy atom. The molecule has 1 aliphatic heterocycles. The van der Waals surface area contributed by atoms with Gasteiger partial charge < -0.3 is 10.1 Å². The Bertz CT molecular complexity index is 1020. The van der Waals surface area contributed by atoms with Crippen LogP contribution in [0.5, 0.6) is 5.75 Å². The van der Waals surface area contributed by atoms with E-state index in [-0.39, 0.29) is 41.6 Å².